The van der Waals surface area contributed by atoms with E-state index in [0.717, 1.165) is 28.4 Å². The van der Waals surface area contributed by atoms with Crippen LogP contribution in [0.15, 0.2) is 22.5 Å². The lowest BCUT2D eigenvalue weighted by Crippen LogP contribution is -2.37. The minimum Gasteiger partial charge on any atom is -0.349 e. The van der Waals surface area contributed by atoms with E-state index in [1.165, 1.54) is 31.0 Å². The fraction of sp³-hybridized carbons (Fsp3) is 0.471. The SMILES string of the molecule is CSc1nc(-c2cccs2)nc(C)c1C(=O)NC1CCCCC1. The van der Waals surface area contributed by atoms with Crippen molar-refractivity contribution in [1.29, 1.82) is 0 Å². The molecule has 122 valence electrons. The van der Waals surface area contributed by atoms with E-state index < -0.39 is 0 Å². The highest BCUT2D eigenvalue weighted by molar-refractivity contribution is 7.98. The summed E-state index contributed by atoms with van der Waals surface area (Å²) >= 11 is 3.12. The van der Waals surface area contributed by atoms with Crippen molar-refractivity contribution in [2.45, 2.75) is 50.1 Å². The molecule has 0 bridgehead atoms. The molecule has 23 heavy (non-hydrogen) atoms. The molecule has 1 amide bonds. The smallest absolute Gasteiger partial charge is 0.256 e. The van der Waals surface area contributed by atoms with Crippen molar-refractivity contribution in [1.82, 2.24) is 15.3 Å². The van der Waals surface area contributed by atoms with E-state index in [0.29, 0.717) is 17.4 Å². The number of rotatable bonds is 4. The summed E-state index contributed by atoms with van der Waals surface area (Å²) in [7, 11) is 0. The molecule has 2 aromatic rings. The minimum absolute atomic E-state index is 0.0310. The summed E-state index contributed by atoms with van der Waals surface area (Å²) in [5, 5.41) is 5.94. The highest BCUT2D eigenvalue weighted by Crippen LogP contribution is 2.27. The summed E-state index contributed by atoms with van der Waals surface area (Å²) in [6.45, 7) is 1.90. The Hall–Kier alpha value is -1.40. The number of thioether (sulfide) groups is 1. The summed E-state index contributed by atoms with van der Waals surface area (Å²) in [5.74, 6) is 0.674. The van der Waals surface area contributed by atoms with Gasteiger partial charge in [-0.15, -0.1) is 23.1 Å². The van der Waals surface area contributed by atoms with Crippen molar-refractivity contribution >= 4 is 29.0 Å². The topological polar surface area (TPSA) is 54.9 Å². The molecule has 1 fully saturated rings. The summed E-state index contributed by atoms with van der Waals surface area (Å²) in [4.78, 5) is 22.9. The number of aromatic nitrogens is 2. The zero-order chi connectivity index (χ0) is 16.2. The van der Waals surface area contributed by atoms with Crippen molar-refractivity contribution < 1.29 is 4.79 Å². The molecular formula is C17H21N3OS2. The van der Waals surface area contributed by atoms with Gasteiger partial charge in [0.1, 0.15) is 5.03 Å². The molecule has 1 N–H and O–H groups in total. The van der Waals surface area contributed by atoms with Gasteiger partial charge in [0, 0.05) is 6.04 Å². The van der Waals surface area contributed by atoms with Crippen LogP contribution in [0.4, 0.5) is 0 Å². The van der Waals surface area contributed by atoms with Crippen molar-refractivity contribution in [3.63, 3.8) is 0 Å². The number of carbonyl (C=O) groups is 1. The highest BCUT2D eigenvalue weighted by atomic mass is 32.2. The Morgan fingerprint density at radius 1 is 1.30 bits per heavy atom. The molecule has 0 saturated heterocycles. The zero-order valence-corrected chi connectivity index (χ0v) is 15.1. The van der Waals surface area contributed by atoms with Gasteiger partial charge < -0.3 is 5.32 Å². The molecule has 6 heteroatoms. The summed E-state index contributed by atoms with van der Waals surface area (Å²) in [6, 6.07) is 4.29. The van der Waals surface area contributed by atoms with Crippen LogP contribution in [0.2, 0.25) is 0 Å². The lowest BCUT2D eigenvalue weighted by molar-refractivity contribution is 0.0923. The van der Waals surface area contributed by atoms with E-state index in [1.807, 2.05) is 30.7 Å². The van der Waals surface area contributed by atoms with Crippen LogP contribution in [0.25, 0.3) is 10.7 Å². The molecule has 3 rings (SSSR count). The van der Waals surface area contributed by atoms with Crippen LogP contribution >= 0.6 is 23.1 Å². The summed E-state index contributed by atoms with van der Waals surface area (Å²) in [5.41, 5.74) is 1.38. The predicted molar refractivity (Wildman–Crippen MR) is 96.2 cm³/mol. The highest BCUT2D eigenvalue weighted by Gasteiger charge is 2.22. The number of hydrogen-bond donors (Lipinski definition) is 1. The first kappa shape index (κ1) is 16.5. The molecule has 2 aromatic heterocycles. The van der Waals surface area contributed by atoms with E-state index in [9.17, 15) is 4.79 Å². The molecule has 2 heterocycles. The van der Waals surface area contributed by atoms with Crippen LogP contribution in [0.5, 0.6) is 0 Å². The lowest BCUT2D eigenvalue weighted by Gasteiger charge is -2.23. The molecule has 0 spiro atoms. The van der Waals surface area contributed by atoms with Crippen LogP contribution in [0.1, 0.15) is 48.2 Å². The summed E-state index contributed by atoms with van der Waals surface area (Å²) < 4.78 is 0. The molecule has 0 unspecified atom stereocenters. The first-order valence-corrected chi connectivity index (χ1v) is 10.1. The molecule has 1 aliphatic carbocycles. The number of amides is 1. The van der Waals surface area contributed by atoms with Crippen LogP contribution < -0.4 is 5.32 Å². The van der Waals surface area contributed by atoms with Gasteiger partial charge in [0.2, 0.25) is 0 Å². The quantitative estimate of drug-likeness (QED) is 0.662. The number of hydrogen-bond acceptors (Lipinski definition) is 5. The third kappa shape index (κ3) is 3.75. The number of aryl methyl sites for hydroxylation is 1. The Morgan fingerprint density at radius 2 is 2.09 bits per heavy atom. The molecule has 0 atom stereocenters. The standard InChI is InChI=1S/C17H21N3OS2/c1-11-14(16(21)19-12-7-4-3-5-8-12)17(22-2)20-15(18-11)13-9-6-10-23-13/h6,9-10,12H,3-5,7-8H2,1-2H3,(H,19,21). The second kappa shape index (κ2) is 7.45. The van der Waals surface area contributed by atoms with Gasteiger partial charge in [-0.3, -0.25) is 4.79 Å². The number of nitrogens with one attached hydrogen (secondary N) is 1. The second-order valence-corrected chi connectivity index (χ2v) is 7.55. The normalized spacial score (nSPS) is 15.6. The maximum Gasteiger partial charge on any atom is 0.256 e. The average molecular weight is 348 g/mol. The lowest BCUT2D eigenvalue weighted by atomic mass is 9.95. The third-order valence-corrected chi connectivity index (χ3v) is 5.71. The minimum atomic E-state index is -0.0310. The largest absolute Gasteiger partial charge is 0.349 e. The number of thiophene rings is 1. The van der Waals surface area contributed by atoms with Crippen LogP contribution in [0, 0.1) is 6.92 Å². The molecule has 1 aliphatic rings. The first-order valence-electron chi connectivity index (χ1n) is 7.96. The fourth-order valence-corrected chi connectivity index (χ4v) is 4.26. The molecule has 0 aromatic carbocycles. The van der Waals surface area contributed by atoms with Gasteiger partial charge >= 0.3 is 0 Å². The Kier molecular flexibility index (Phi) is 5.33. The van der Waals surface area contributed by atoms with E-state index in [-0.39, 0.29) is 5.91 Å². The van der Waals surface area contributed by atoms with Crippen LogP contribution in [-0.2, 0) is 0 Å². The van der Waals surface area contributed by atoms with Gasteiger partial charge in [0.05, 0.1) is 16.1 Å². The monoisotopic (exact) mass is 347 g/mol. The molecule has 0 radical (unpaired) electrons. The van der Waals surface area contributed by atoms with E-state index >= 15 is 0 Å². The Bertz CT molecular complexity index is 679. The first-order chi connectivity index (χ1) is 11.2. The molecule has 1 saturated carbocycles. The molecule has 4 nitrogen and oxygen atoms in total. The van der Waals surface area contributed by atoms with Crippen LogP contribution in [-0.4, -0.2) is 28.2 Å². The van der Waals surface area contributed by atoms with E-state index in [1.54, 1.807) is 11.3 Å². The van der Waals surface area contributed by atoms with Gasteiger partial charge in [-0.25, -0.2) is 9.97 Å². The predicted octanol–water partition coefficient (Wildman–Crippen LogP) is 4.30. The Balaban J connectivity index is 1.87. The third-order valence-electron chi connectivity index (χ3n) is 4.16. The van der Waals surface area contributed by atoms with Crippen molar-refractivity contribution in [3.8, 4) is 10.7 Å². The fourth-order valence-electron chi connectivity index (χ4n) is 2.98. The Labute approximate surface area is 145 Å². The zero-order valence-electron chi connectivity index (χ0n) is 13.5. The maximum atomic E-state index is 12.7. The number of nitrogens with zero attached hydrogens (tertiary/aromatic N) is 2. The summed E-state index contributed by atoms with van der Waals surface area (Å²) in [6.07, 6.45) is 7.79. The van der Waals surface area contributed by atoms with Gasteiger partial charge in [-0.1, -0.05) is 25.3 Å². The van der Waals surface area contributed by atoms with E-state index in [4.69, 9.17) is 0 Å². The van der Waals surface area contributed by atoms with Crippen molar-refractivity contribution in [2.75, 3.05) is 6.26 Å². The average Bonchev–Trinajstić information content (AvgIpc) is 3.09. The number of carbonyl (C=O) groups excluding carboxylic acids is 1. The Morgan fingerprint density at radius 3 is 2.74 bits per heavy atom. The second-order valence-electron chi connectivity index (χ2n) is 5.80. The van der Waals surface area contributed by atoms with E-state index in [2.05, 4.69) is 15.3 Å². The van der Waals surface area contributed by atoms with Gasteiger partial charge in [0.15, 0.2) is 5.82 Å². The van der Waals surface area contributed by atoms with Gasteiger partial charge in [-0.05, 0) is 37.5 Å². The molecule has 0 aliphatic heterocycles. The maximum absolute atomic E-state index is 12.7. The van der Waals surface area contributed by atoms with Crippen LogP contribution in [0.3, 0.4) is 0 Å². The van der Waals surface area contributed by atoms with Gasteiger partial charge in [0.25, 0.3) is 5.91 Å². The molecular weight excluding hydrogens is 326 g/mol. The van der Waals surface area contributed by atoms with Crippen molar-refractivity contribution in [2.24, 2.45) is 0 Å². The van der Waals surface area contributed by atoms with Crippen molar-refractivity contribution in [3.05, 3.63) is 28.8 Å². The van der Waals surface area contributed by atoms with Gasteiger partial charge in [-0.2, -0.15) is 0 Å².